The fourth-order valence-corrected chi connectivity index (χ4v) is 2.61. The van der Waals surface area contributed by atoms with E-state index in [1.54, 1.807) is 23.6 Å². The third-order valence-corrected chi connectivity index (χ3v) is 3.51. The van der Waals surface area contributed by atoms with Crippen LogP contribution in [0, 0.1) is 6.92 Å². The van der Waals surface area contributed by atoms with Gasteiger partial charge < -0.3 is 5.11 Å². The molecule has 0 spiro atoms. The lowest BCUT2D eigenvalue weighted by Crippen LogP contribution is -1.86. The molecule has 4 heteroatoms. The summed E-state index contributed by atoms with van der Waals surface area (Å²) in [7, 11) is 0. The molecule has 0 aromatic carbocycles. The van der Waals surface area contributed by atoms with Crippen molar-refractivity contribution in [3.8, 4) is 16.5 Å². The molecule has 3 nitrogen and oxygen atoms in total. The molecular weight excluding hydrogens is 220 g/mol. The largest absolute Gasteiger partial charge is 0.506 e. The molecule has 0 radical (unpaired) electrons. The Bertz CT molecular complexity index is 654. The third-order valence-electron chi connectivity index (χ3n) is 2.51. The molecule has 0 saturated heterocycles. The average Bonchev–Trinajstić information content (AvgIpc) is 2.84. The molecule has 3 heterocycles. The second-order valence-corrected chi connectivity index (χ2v) is 4.93. The standard InChI is InChI=1S/C12H10N2OS/c1-8-4-5-11(16-8)12-13-7-9-10(15)3-2-6-14(9)12/h2-7,15H,1H3. The highest BCUT2D eigenvalue weighted by molar-refractivity contribution is 7.15. The number of hydrogen-bond donors (Lipinski definition) is 1. The highest BCUT2D eigenvalue weighted by atomic mass is 32.1. The Morgan fingerprint density at radius 1 is 1.31 bits per heavy atom. The summed E-state index contributed by atoms with van der Waals surface area (Å²) < 4.78 is 1.90. The number of imidazole rings is 1. The van der Waals surface area contributed by atoms with Crippen LogP contribution < -0.4 is 0 Å². The molecule has 0 fully saturated rings. The van der Waals surface area contributed by atoms with Gasteiger partial charge in [0.2, 0.25) is 0 Å². The van der Waals surface area contributed by atoms with Crippen LogP contribution in [0.1, 0.15) is 4.88 Å². The summed E-state index contributed by atoms with van der Waals surface area (Å²) in [5.74, 6) is 1.14. The summed E-state index contributed by atoms with van der Waals surface area (Å²) in [4.78, 5) is 6.72. The maximum atomic E-state index is 9.68. The van der Waals surface area contributed by atoms with E-state index < -0.39 is 0 Å². The monoisotopic (exact) mass is 230 g/mol. The van der Waals surface area contributed by atoms with E-state index in [9.17, 15) is 5.11 Å². The highest BCUT2D eigenvalue weighted by Crippen LogP contribution is 2.29. The minimum Gasteiger partial charge on any atom is -0.506 e. The van der Waals surface area contributed by atoms with Gasteiger partial charge in [0.1, 0.15) is 11.3 Å². The second kappa shape index (κ2) is 3.35. The van der Waals surface area contributed by atoms with Gasteiger partial charge in [-0.25, -0.2) is 4.98 Å². The van der Waals surface area contributed by atoms with E-state index in [0.29, 0.717) is 0 Å². The van der Waals surface area contributed by atoms with Crippen LogP contribution in [-0.4, -0.2) is 14.5 Å². The molecule has 3 rings (SSSR count). The van der Waals surface area contributed by atoms with Gasteiger partial charge in [-0.05, 0) is 31.2 Å². The first-order valence-electron chi connectivity index (χ1n) is 4.97. The minimum atomic E-state index is 0.259. The first kappa shape index (κ1) is 9.42. The summed E-state index contributed by atoms with van der Waals surface area (Å²) >= 11 is 1.70. The second-order valence-electron chi connectivity index (χ2n) is 3.64. The van der Waals surface area contributed by atoms with E-state index in [4.69, 9.17) is 0 Å². The average molecular weight is 230 g/mol. The number of hydrogen-bond acceptors (Lipinski definition) is 3. The Morgan fingerprint density at radius 2 is 2.19 bits per heavy atom. The lowest BCUT2D eigenvalue weighted by Gasteiger charge is -1.99. The number of aromatic nitrogens is 2. The molecule has 0 aliphatic carbocycles. The number of thiophene rings is 1. The normalized spacial score (nSPS) is 11.1. The summed E-state index contributed by atoms with van der Waals surface area (Å²) in [5, 5.41) is 9.68. The fourth-order valence-electron chi connectivity index (χ4n) is 1.74. The number of nitrogens with zero attached hydrogens (tertiary/aromatic N) is 2. The van der Waals surface area contributed by atoms with Crippen molar-refractivity contribution in [3.05, 3.63) is 41.5 Å². The Balaban J connectivity index is 2.29. The summed E-state index contributed by atoms with van der Waals surface area (Å²) in [6.07, 6.45) is 3.60. The van der Waals surface area contributed by atoms with Gasteiger partial charge in [-0.2, -0.15) is 0 Å². The summed E-state index contributed by atoms with van der Waals surface area (Å²) in [6, 6.07) is 7.61. The maximum Gasteiger partial charge on any atom is 0.154 e. The SMILES string of the molecule is Cc1ccc(-c2ncc3c(O)cccn23)s1. The van der Waals surface area contributed by atoms with Gasteiger partial charge in [0, 0.05) is 11.1 Å². The van der Waals surface area contributed by atoms with E-state index >= 15 is 0 Å². The van der Waals surface area contributed by atoms with Gasteiger partial charge >= 0.3 is 0 Å². The lowest BCUT2D eigenvalue weighted by atomic mass is 10.4. The van der Waals surface area contributed by atoms with Crippen LogP contribution in [0.25, 0.3) is 16.2 Å². The highest BCUT2D eigenvalue weighted by Gasteiger charge is 2.09. The summed E-state index contributed by atoms with van der Waals surface area (Å²) in [6.45, 7) is 2.07. The molecule has 3 aromatic heterocycles. The molecule has 0 aliphatic heterocycles. The van der Waals surface area contributed by atoms with E-state index in [1.165, 1.54) is 4.88 Å². The molecule has 1 N–H and O–H groups in total. The zero-order valence-electron chi connectivity index (χ0n) is 8.71. The van der Waals surface area contributed by atoms with Gasteiger partial charge in [-0.15, -0.1) is 11.3 Å². The molecule has 80 valence electrons. The number of pyridine rings is 1. The van der Waals surface area contributed by atoms with Gasteiger partial charge in [0.05, 0.1) is 11.1 Å². The van der Waals surface area contributed by atoms with E-state index in [1.807, 2.05) is 16.7 Å². The Hall–Kier alpha value is -1.81. The Labute approximate surface area is 96.6 Å². The van der Waals surface area contributed by atoms with Crippen LogP contribution >= 0.6 is 11.3 Å². The molecule has 0 bridgehead atoms. The van der Waals surface area contributed by atoms with Gasteiger partial charge in [0.25, 0.3) is 0 Å². The minimum absolute atomic E-state index is 0.259. The van der Waals surface area contributed by atoms with Gasteiger partial charge in [-0.1, -0.05) is 0 Å². The van der Waals surface area contributed by atoms with Gasteiger partial charge in [0.15, 0.2) is 5.82 Å². The lowest BCUT2D eigenvalue weighted by molar-refractivity contribution is 0.479. The number of aromatic hydroxyl groups is 1. The van der Waals surface area contributed by atoms with Crippen molar-refractivity contribution in [2.24, 2.45) is 0 Å². The van der Waals surface area contributed by atoms with Crippen LogP contribution in [0.15, 0.2) is 36.7 Å². The first-order chi connectivity index (χ1) is 7.75. The smallest absolute Gasteiger partial charge is 0.154 e. The topological polar surface area (TPSA) is 37.5 Å². The number of fused-ring (bicyclic) bond motifs is 1. The molecule has 3 aromatic rings. The van der Waals surface area contributed by atoms with Crippen molar-refractivity contribution >= 4 is 16.9 Å². The van der Waals surface area contributed by atoms with Crippen molar-refractivity contribution in [2.45, 2.75) is 6.92 Å². The molecular formula is C12H10N2OS. The zero-order valence-corrected chi connectivity index (χ0v) is 9.53. The van der Waals surface area contributed by atoms with Crippen molar-refractivity contribution in [2.75, 3.05) is 0 Å². The summed E-state index contributed by atoms with van der Waals surface area (Å²) in [5.41, 5.74) is 0.739. The van der Waals surface area contributed by atoms with E-state index in [2.05, 4.69) is 24.0 Å². The van der Waals surface area contributed by atoms with E-state index in [0.717, 1.165) is 16.2 Å². The molecule has 0 unspecified atom stereocenters. The predicted octanol–water partition coefficient (Wildman–Crippen LogP) is 3.08. The van der Waals surface area contributed by atoms with Crippen molar-refractivity contribution in [3.63, 3.8) is 0 Å². The van der Waals surface area contributed by atoms with Crippen LogP contribution in [0.5, 0.6) is 5.75 Å². The molecule has 16 heavy (non-hydrogen) atoms. The molecule has 0 aliphatic rings. The Morgan fingerprint density at radius 3 is 2.94 bits per heavy atom. The fraction of sp³-hybridized carbons (Fsp3) is 0.0833. The molecule has 0 saturated carbocycles. The van der Waals surface area contributed by atoms with Crippen molar-refractivity contribution < 1.29 is 5.11 Å². The first-order valence-corrected chi connectivity index (χ1v) is 5.79. The predicted molar refractivity (Wildman–Crippen MR) is 64.9 cm³/mol. The third kappa shape index (κ3) is 1.31. The quantitative estimate of drug-likeness (QED) is 0.697. The molecule has 0 atom stereocenters. The molecule has 0 amide bonds. The number of aryl methyl sites for hydroxylation is 1. The number of rotatable bonds is 1. The maximum absolute atomic E-state index is 9.68. The Kier molecular flexibility index (Phi) is 1.97. The van der Waals surface area contributed by atoms with Crippen LogP contribution in [0.4, 0.5) is 0 Å². The van der Waals surface area contributed by atoms with Crippen LogP contribution in [-0.2, 0) is 0 Å². The van der Waals surface area contributed by atoms with Crippen molar-refractivity contribution in [1.82, 2.24) is 9.38 Å². The zero-order chi connectivity index (χ0) is 11.1. The van der Waals surface area contributed by atoms with Crippen molar-refractivity contribution in [1.29, 1.82) is 0 Å². The van der Waals surface area contributed by atoms with Crippen LogP contribution in [0.3, 0.4) is 0 Å². The van der Waals surface area contributed by atoms with Crippen LogP contribution in [0.2, 0.25) is 0 Å². The van der Waals surface area contributed by atoms with E-state index in [-0.39, 0.29) is 5.75 Å². The van der Waals surface area contributed by atoms with Gasteiger partial charge in [-0.3, -0.25) is 4.40 Å².